The zero-order valence-electron chi connectivity index (χ0n) is 21.1. The number of carbonyl (C=O) groups excluding carboxylic acids is 2. The van der Waals surface area contributed by atoms with Crippen molar-refractivity contribution in [3.8, 4) is 0 Å². The highest BCUT2D eigenvalue weighted by atomic mass is 32.2. The van der Waals surface area contributed by atoms with Gasteiger partial charge in [-0.1, -0.05) is 30.3 Å². The Balaban J connectivity index is 1.97. The Morgan fingerprint density at radius 1 is 0.811 bits per heavy atom. The quantitative estimate of drug-likeness (QED) is 0.203. The van der Waals surface area contributed by atoms with Gasteiger partial charge in [0, 0.05) is 21.9 Å². The average molecular weight is 533 g/mol. The van der Waals surface area contributed by atoms with Crippen molar-refractivity contribution in [1.29, 1.82) is 0 Å². The molecule has 1 aliphatic rings. The van der Waals surface area contributed by atoms with Crippen LogP contribution in [0.1, 0.15) is 12.0 Å². The maximum Gasteiger partial charge on any atom is 0.329 e. The number of aliphatic imine (C=N–C) groups is 1. The lowest BCUT2D eigenvalue weighted by Crippen LogP contribution is -2.46. The van der Waals surface area contributed by atoms with Crippen LogP contribution >= 0.6 is 23.5 Å². The molecule has 4 rings (SSSR count). The van der Waals surface area contributed by atoms with Crippen LogP contribution in [0.25, 0.3) is 5.57 Å². The standard InChI is InChI=1S/C29H28N2O4S2/c1-34-27(32)29(28(33)35-2)18-24(19-8-6-5-7-9-19)25(30-20-10-14-22(36-3)15-11-20)26(29)31-21-12-16-23(37-4)17-13-21/h5-17,30H,18H2,1-4H3. The van der Waals surface area contributed by atoms with E-state index in [1.807, 2.05) is 91.4 Å². The van der Waals surface area contributed by atoms with Crippen LogP contribution in [0.3, 0.4) is 0 Å². The highest BCUT2D eigenvalue weighted by Crippen LogP contribution is 2.47. The fraction of sp³-hybridized carbons (Fsp3) is 0.207. The summed E-state index contributed by atoms with van der Waals surface area (Å²) in [5, 5.41) is 3.47. The van der Waals surface area contributed by atoms with E-state index in [2.05, 4.69) is 5.32 Å². The minimum absolute atomic E-state index is 0.0450. The lowest BCUT2D eigenvalue weighted by molar-refractivity contribution is -0.162. The molecule has 0 radical (unpaired) electrons. The van der Waals surface area contributed by atoms with Gasteiger partial charge in [0.05, 0.1) is 31.3 Å². The summed E-state index contributed by atoms with van der Waals surface area (Å²) in [6.07, 6.45) is 4.06. The van der Waals surface area contributed by atoms with Gasteiger partial charge in [-0.15, -0.1) is 23.5 Å². The smallest absolute Gasteiger partial charge is 0.329 e. The SMILES string of the molecule is COC(=O)C1(C(=O)OC)CC(c2ccccc2)=C(Nc2ccc(SC)cc2)C1=Nc1ccc(SC)cc1. The van der Waals surface area contributed by atoms with Gasteiger partial charge in [0.15, 0.2) is 0 Å². The van der Waals surface area contributed by atoms with Crippen LogP contribution in [0, 0.1) is 5.41 Å². The van der Waals surface area contributed by atoms with Crippen molar-refractivity contribution in [2.45, 2.75) is 16.2 Å². The third-order valence-electron chi connectivity index (χ3n) is 6.25. The molecule has 0 aliphatic heterocycles. The van der Waals surface area contributed by atoms with E-state index in [9.17, 15) is 9.59 Å². The molecular weight excluding hydrogens is 504 g/mol. The number of esters is 2. The Kier molecular flexibility index (Phi) is 8.41. The van der Waals surface area contributed by atoms with Crippen LogP contribution in [-0.2, 0) is 19.1 Å². The molecule has 0 heterocycles. The highest BCUT2D eigenvalue weighted by molar-refractivity contribution is 7.98. The molecule has 3 aromatic rings. The van der Waals surface area contributed by atoms with Crippen molar-refractivity contribution in [1.82, 2.24) is 0 Å². The maximum absolute atomic E-state index is 13.4. The predicted octanol–water partition coefficient (Wildman–Crippen LogP) is 6.46. The van der Waals surface area contributed by atoms with Crippen LogP contribution in [-0.4, -0.2) is 44.4 Å². The molecule has 3 aromatic carbocycles. The normalized spacial score (nSPS) is 15.5. The van der Waals surface area contributed by atoms with E-state index in [1.54, 1.807) is 23.5 Å². The van der Waals surface area contributed by atoms with Gasteiger partial charge in [0.1, 0.15) is 0 Å². The molecule has 6 nitrogen and oxygen atoms in total. The number of allylic oxidation sites excluding steroid dienone is 2. The van der Waals surface area contributed by atoms with Crippen LogP contribution in [0.5, 0.6) is 0 Å². The van der Waals surface area contributed by atoms with E-state index in [0.29, 0.717) is 11.4 Å². The number of rotatable bonds is 8. The molecule has 0 spiro atoms. The van der Waals surface area contributed by atoms with Gasteiger partial charge >= 0.3 is 11.9 Å². The second-order valence-electron chi connectivity index (χ2n) is 8.30. The van der Waals surface area contributed by atoms with E-state index in [0.717, 1.165) is 26.6 Å². The van der Waals surface area contributed by atoms with Crippen molar-refractivity contribution in [3.63, 3.8) is 0 Å². The molecule has 0 aromatic heterocycles. The van der Waals surface area contributed by atoms with Crippen molar-refractivity contribution < 1.29 is 19.1 Å². The summed E-state index contributed by atoms with van der Waals surface area (Å²) >= 11 is 3.27. The number of nitrogens with zero attached hydrogens (tertiary/aromatic N) is 1. The molecule has 0 saturated heterocycles. The van der Waals surface area contributed by atoms with Crippen molar-refractivity contribution in [2.75, 3.05) is 32.0 Å². The second kappa shape index (κ2) is 11.7. The number of hydrogen-bond acceptors (Lipinski definition) is 8. The number of hydrogen-bond donors (Lipinski definition) is 1. The van der Waals surface area contributed by atoms with E-state index in [4.69, 9.17) is 14.5 Å². The Morgan fingerprint density at radius 2 is 1.35 bits per heavy atom. The van der Waals surface area contributed by atoms with Crippen LogP contribution in [0.2, 0.25) is 0 Å². The lowest BCUT2D eigenvalue weighted by atomic mass is 9.81. The molecule has 8 heteroatoms. The van der Waals surface area contributed by atoms with Gasteiger partial charge in [-0.05, 0) is 72.2 Å². The third-order valence-corrected chi connectivity index (χ3v) is 7.73. The number of carbonyl (C=O) groups is 2. The van der Waals surface area contributed by atoms with E-state index in [-0.39, 0.29) is 12.1 Å². The molecule has 190 valence electrons. The van der Waals surface area contributed by atoms with Crippen molar-refractivity contribution in [3.05, 3.63) is 90.1 Å². The number of benzene rings is 3. The topological polar surface area (TPSA) is 77.0 Å². The summed E-state index contributed by atoms with van der Waals surface area (Å²) in [7, 11) is 2.54. The molecule has 0 saturated carbocycles. The van der Waals surface area contributed by atoms with Gasteiger partial charge in [-0.3, -0.25) is 9.59 Å². The lowest BCUT2D eigenvalue weighted by Gasteiger charge is -2.25. The first-order chi connectivity index (χ1) is 18.0. The molecule has 1 aliphatic carbocycles. The van der Waals surface area contributed by atoms with Gasteiger partial charge in [0.25, 0.3) is 0 Å². The van der Waals surface area contributed by atoms with Gasteiger partial charge in [0.2, 0.25) is 5.41 Å². The Labute approximate surface area is 225 Å². The second-order valence-corrected chi connectivity index (χ2v) is 10.1. The molecular formula is C29H28N2O4S2. The van der Waals surface area contributed by atoms with Gasteiger partial charge < -0.3 is 14.8 Å². The summed E-state index contributed by atoms with van der Waals surface area (Å²) in [4.78, 5) is 34.0. The van der Waals surface area contributed by atoms with Gasteiger partial charge in [-0.2, -0.15) is 0 Å². The van der Waals surface area contributed by atoms with Crippen LogP contribution < -0.4 is 5.32 Å². The molecule has 0 unspecified atom stereocenters. The molecule has 0 atom stereocenters. The van der Waals surface area contributed by atoms with Crippen LogP contribution in [0.4, 0.5) is 11.4 Å². The van der Waals surface area contributed by atoms with E-state index < -0.39 is 17.4 Å². The van der Waals surface area contributed by atoms with Crippen molar-refractivity contribution >= 4 is 58.1 Å². The van der Waals surface area contributed by atoms with E-state index in [1.165, 1.54) is 14.2 Å². The number of methoxy groups -OCH3 is 2. The molecule has 1 N–H and O–H groups in total. The number of nitrogens with one attached hydrogen (secondary N) is 1. The molecule has 0 fully saturated rings. The minimum atomic E-state index is -1.77. The summed E-state index contributed by atoms with van der Waals surface area (Å²) in [5.41, 5.74) is 2.11. The largest absolute Gasteiger partial charge is 0.468 e. The first kappa shape index (κ1) is 26.6. The zero-order valence-corrected chi connectivity index (χ0v) is 22.7. The summed E-state index contributed by atoms with van der Waals surface area (Å²) in [6.45, 7) is 0. The zero-order chi connectivity index (χ0) is 26.4. The third kappa shape index (κ3) is 5.31. The van der Waals surface area contributed by atoms with Crippen molar-refractivity contribution in [2.24, 2.45) is 10.4 Å². The average Bonchev–Trinajstić information content (AvgIpc) is 3.27. The molecule has 0 bridgehead atoms. The first-order valence-corrected chi connectivity index (χ1v) is 14.0. The summed E-state index contributed by atoms with van der Waals surface area (Å²) in [5.74, 6) is -1.44. The first-order valence-electron chi connectivity index (χ1n) is 11.6. The van der Waals surface area contributed by atoms with E-state index >= 15 is 0 Å². The van der Waals surface area contributed by atoms with Gasteiger partial charge in [-0.25, -0.2) is 4.99 Å². The monoisotopic (exact) mass is 532 g/mol. The Bertz CT molecular complexity index is 1320. The fourth-order valence-electron chi connectivity index (χ4n) is 4.34. The Morgan fingerprint density at radius 3 is 1.86 bits per heavy atom. The molecule has 0 amide bonds. The minimum Gasteiger partial charge on any atom is -0.468 e. The van der Waals surface area contributed by atoms with Crippen LogP contribution in [0.15, 0.2) is 99.3 Å². The number of anilines is 1. The summed E-state index contributed by atoms with van der Waals surface area (Å²) in [6, 6.07) is 25.2. The maximum atomic E-state index is 13.4. The molecule has 37 heavy (non-hydrogen) atoms. The Hall–Kier alpha value is -3.49. The number of thioether (sulfide) groups is 2. The fourth-order valence-corrected chi connectivity index (χ4v) is 5.16. The highest BCUT2D eigenvalue weighted by Gasteiger charge is 2.59. The number of ether oxygens (including phenoxy) is 2. The predicted molar refractivity (Wildman–Crippen MR) is 152 cm³/mol. The summed E-state index contributed by atoms with van der Waals surface area (Å²) < 4.78 is 10.4.